The second-order valence-electron chi connectivity index (χ2n) is 3.85. The van der Waals surface area contributed by atoms with Gasteiger partial charge in [-0.25, -0.2) is 0 Å². The lowest BCUT2D eigenvalue weighted by molar-refractivity contribution is -0.140. The first-order valence-electron chi connectivity index (χ1n) is 4.94. The molecule has 82 valence electrons. The molecule has 0 radical (unpaired) electrons. The predicted molar refractivity (Wildman–Crippen MR) is 57.2 cm³/mol. The maximum Gasteiger partial charge on any atom is 0.293 e. The maximum atomic E-state index is 10.4. The average molecular weight is 208 g/mol. The van der Waals surface area contributed by atoms with Crippen molar-refractivity contribution in [3.8, 4) is 0 Å². The molecule has 0 saturated heterocycles. The molecule has 0 bridgehead atoms. The number of carbonyl (C=O) groups excluding carboxylic acids is 1. The summed E-state index contributed by atoms with van der Waals surface area (Å²) in [6, 6.07) is 9.24. The maximum absolute atomic E-state index is 10.4. The van der Waals surface area contributed by atoms with Crippen LogP contribution in [0.5, 0.6) is 0 Å². The number of carbonyl (C=O) groups is 1. The van der Waals surface area contributed by atoms with Crippen molar-refractivity contribution in [1.82, 2.24) is 0 Å². The van der Waals surface area contributed by atoms with Crippen molar-refractivity contribution in [2.45, 2.75) is 19.4 Å². The Morgan fingerprint density at radius 2 is 2.00 bits per heavy atom. The molecule has 1 rings (SSSR count). The number of ether oxygens (including phenoxy) is 1. The lowest BCUT2D eigenvalue weighted by atomic mass is 9.84. The van der Waals surface area contributed by atoms with E-state index in [4.69, 9.17) is 0 Å². The molecule has 0 saturated carbocycles. The van der Waals surface area contributed by atoms with Crippen LogP contribution in [0.2, 0.25) is 0 Å². The number of hydrogen-bond donors (Lipinski definition) is 1. The van der Waals surface area contributed by atoms with Gasteiger partial charge in [-0.3, -0.25) is 4.79 Å². The summed E-state index contributed by atoms with van der Waals surface area (Å²) in [7, 11) is 0. The molecular weight excluding hydrogens is 192 g/mol. The van der Waals surface area contributed by atoms with E-state index in [-0.39, 0.29) is 12.5 Å². The van der Waals surface area contributed by atoms with Crippen molar-refractivity contribution in [2.75, 3.05) is 6.61 Å². The van der Waals surface area contributed by atoms with Crippen molar-refractivity contribution in [3.05, 3.63) is 35.9 Å². The predicted octanol–water partition coefficient (Wildman–Crippen LogP) is 1.70. The van der Waals surface area contributed by atoms with Crippen LogP contribution in [0.15, 0.2) is 30.3 Å². The van der Waals surface area contributed by atoms with Gasteiger partial charge in [0, 0.05) is 0 Å². The Balaban J connectivity index is 2.96. The van der Waals surface area contributed by atoms with Crippen molar-refractivity contribution in [1.29, 1.82) is 0 Å². The van der Waals surface area contributed by atoms with Crippen LogP contribution < -0.4 is 0 Å². The first kappa shape index (κ1) is 11.7. The third-order valence-corrected chi connectivity index (χ3v) is 2.60. The summed E-state index contributed by atoms with van der Waals surface area (Å²) < 4.78 is 4.68. The fraction of sp³-hybridized carbons (Fsp3) is 0.417. The highest BCUT2D eigenvalue weighted by Crippen LogP contribution is 2.29. The van der Waals surface area contributed by atoms with Gasteiger partial charge in [0.15, 0.2) is 0 Å². The number of aliphatic hydroxyl groups is 1. The minimum Gasteiger partial charge on any atom is -0.464 e. The molecule has 0 aliphatic carbocycles. The molecule has 0 spiro atoms. The molecule has 15 heavy (non-hydrogen) atoms. The van der Waals surface area contributed by atoms with E-state index in [0.717, 1.165) is 5.56 Å². The summed E-state index contributed by atoms with van der Waals surface area (Å²) in [6.07, 6.45) is 0. The van der Waals surface area contributed by atoms with Crippen LogP contribution in [0.4, 0.5) is 0 Å². The quantitative estimate of drug-likeness (QED) is 0.749. The van der Waals surface area contributed by atoms with Crippen molar-refractivity contribution in [3.63, 3.8) is 0 Å². The largest absolute Gasteiger partial charge is 0.464 e. The molecule has 0 aliphatic heterocycles. The first-order chi connectivity index (χ1) is 7.11. The van der Waals surface area contributed by atoms with E-state index in [1.165, 1.54) is 0 Å². The molecule has 3 nitrogen and oxygen atoms in total. The van der Waals surface area contributed by atoms with Crippen molar-refractivity contribution < 1.29 is 14.6 Å². The van der Waals surface area contributed by atoms with Gasteiger partial charge in [-0.1, -0.05) is 44.2 Å². The Morgan fingerprint density at radius 3 is 2.47 bits per heavy atom. The van der Waals surface area contributed by atoms with Gasteiger partial charge in [0.05, 0.1) is 0 Å². The molecule has 0 heterocycles. The van der Waals surface area contributed by atoms with Gasteiger partial charge in [-0.05, 0) is 11.5 Å². The lowest BCUT2D eigenvalue weighted by Crippen LogP contribution is -2.37. The molecule has 1 atom stereocenters. The third kappa shape index (κ3) is 2.57. The zero-order valence-electron chi connectivity index (χ0n) is 9.01. The van der Waals surface area contributed by atoms with E-state index in [1.54, 1.807) is 0 Å². The Kier molecular flexibility index (Phi) is 3.86. The van der Waals surface area contributed by atoms with E-state index in [0.29, 0.717) is 6.47 Å². The zero-order chi connectivity index (χ0) is 11.3. The fourth-order valence-electron chi connectivity index (χ4n) is 1.47. The normalized spacial score (nSPS) is 14.7. The van der Waals surface area contributed by atoms with Gasteiger partial charge >= 0.3 is 0 Å². The van der Waals surface area contributed by atoms with Gasteiger partial charge in [0.2, 0.25) is 0 Å². The summed E-state index contributed by atoms with van der Waals surface area (Å²) in [5, 5.41) is 10.4. The summed E-state index contributed by atoms with van der Waals surface area (Å²) in [5.74, 6) is -0.0279. The molecule has 1 aromatic rings. The lowest BCUT2D eigenvalue weighted by Gasteiger charge is -2.31. The van der Waals surface area contributed by atoms with E-state index in [1.807, 2.05) is 44.2 Å². The third-order valence-electron chi connectivity index (χ3n) is 2.60. The smallest absolute Gasteiger partial charge is 0.293 e. The minimum atomic E-state index is -1.11. The van der Waals surface area contributed by atoms with Crippen LogP contribution in [0.25, 0.3) is 0 Å². The van der Waals surface area contributed by atoms with E-state index >= 15 is 0 Å². The van der Waals surface area contributed by atoms with Crippen LogP contribution in [0.3, 0.4) is 0 Å². The molecule has 0 aliphatic rings. The molecule has 0 aromatic heterocycles. The van der Waals surface area contributed by atoms with E-state index < -0.39 is 5.60 Å². The average Bonchev–Trinajstić information content (AvgIpc) is 2.27. The van der Waals surface area contributed by atoms with Crippen molar-refractivity contribution in [2.24, 2.45) is 5.92 Å². The van der Waals surface area contributed by atoms with Crippen LogP contribution in [-0.4, -0.2) is 18.2 Å². The summed E-state index contributed by atoms with van der Waals surface area (Å²) >= 11 is 0. The molecule has 0 amide bonds. The van der Waals surface area contributed by atoms with Gasteiger partial charge in [-0.2, -0.15) is 0 Å². The SMILES string of the molecule is CC(C)C(O)(COC=O)c1ccccc1. The Bertz CT molecular complexity index is 308. The molecule has 0 fully saturated rings. The summed E-state index contributed by atoms with van der Waals surface area (Å²) in [4.78, 5) is 10.2. The van der Waals surface area contributed by atoms with Crippen LogP contribution in [0.1, 0.15) is 19.4 Å². The summed E-state index contributed by atoms with van der Waals surface area (Å²) in [6.45, 7) is 4.12. The minimum absolute atomic E-state index is 0.0157. The highest BCUT2D eigenvalue weighted by molar-refractivity contribution is 5.37. The standard InChI is InChI=1S/C12H16O3/c1-10(2)12(14,8-15-9-13)11-6-4-3-5-7-11/h3-7,9-10,14H,8H2,1-2H3. The molecule has 1 unspecified atom stereocenters. The van der Waals surface area contributed by atoms with Gasteiger partial charge < -0.3 is 9.84 Å². The van der Waals surface area contributed by atoms with Gasteiger partial charge in [0.25, 0.3) is 6.47 Å². The second kappa shape index (κ2) is 4.94. The Morgan fingerprint density at radius 1 is 1.40 bits per heavy atom. The Hall–Kier alpha value is -1.35. The van der Waals surface area contributed by atoms with Crippen molar-refractivity contribution >= 4 is 6.47 Å². The second-order valence-corrected chi connectivity index (χ2v) is 3.85. The topological polar surface area (TPSA) is 46.5 Å². The molecule has 1 aromatic carbocycles. The molecule has 3 heteroatoms. The van der Waals surface area contributed by atoms with Crippen LogP contribution >= 0.6 is 0 Å². The highest BCUT2D eigenvalue weighted by atomic mass is 16.5. The van der Waals surface area contributed by atoms with Crippen LogP contribution in [0, 0.1) is 5.92 Å². The monoisotopic (exact) mass is 208 g/mol. The van der Waals surface area contributed by atoms with Gasteiger partial charge in [0.1, 0.15) is 12.2 Å². The highest BCUT2D eigenvalue weighted by Gasteiger charge is 2.33. The van der Waals surface area contributed by atoms with Gasteiger partial charge in [-0.15, -0.1) is 0 Å². The molecule has 1 N–H and O–H groups in total. The fourth-order valence-corrected chi connectivity index (χ4v) is 1.47. The zero-order valence-corrected chi connectivity index (χ0v) is 9.01. The number of benzene rings is 1. The van der Waals surface area contributed by atoms with E-state index in [2.05, 4.69) is 4.74 Å². The first-order valence-corrected chi connectivity index (χ1v) is 4.94. The number of hydrogen-bond acceptors (Lipinski definition) is 3. The number of rotatable bonds is 5. The van der Waals surface area contributed by atoms with Crippen LogP contribution in [-0.2, 0) is 15.1 Å². The Labute approximate surface area is 89.7 Å². The molecular formula is C12H16O3. The van der Waals surface area contributed by atoms with E-state index in [9.17, 15) is 9.90 Å². The summed E-state index contributed by atoms with van der Waals surface area (Å²) in [5.41, 5.74) is -0.343.